The molecule has 1 aliphatic rings. The number of hydrogen-bond donors (Lipinski definition) is 2. The molecule has 1 atom stereocenters. The zero-order valence-electron chi connectivity index (χ0n) is 11.4. The summed E-state index contributed by atoms with van der Waals surface area (Å²) in [6, 6.07) is 4.23. The van der Waals surface area contributed by atoms with Crippen LogP contribution >= 0.6 is 12.4 Å². The van der Waals surface area contributed by atoms with Gasteiger partial charge in [0, 0.05) is 12.1 Å². The second kappa shape index (κ2) is 8.07. The highest BCUT2D eigenvalue weighted by molar-refractivity contribution is 5.94. The molecule has 1 saturated heterocycles. The molecule has 112 valence electrons. The van der Waals surface area contributed by atoms with Gasteiger partial charge in [-0.3, -0.25) is 4.79 Å². The van der Waals surface area contributed by atoms with Crippen LogP contribution in [-0.2, 0) is 0 Å². The van der Waals surface area contributed by atoms with Gasteiger partial charge >= 0.3 is 0 Å². The standard InChI is InChI=1S/C14H19FN2O2.ClH/c1-19-13-3-2-11(8-12(13)15)14(18)17-7-5-10-4-6-16-9-10;/h2-3,8,10,16H,4-7,9H2,1H3,(H,17,18);1H. The third-order valence-corrected chi connectivity index (χ3v) is 3.41. The van der Waals surface area contributed by atoms with Crippen molar-refractivity contribution in [3.63, 3.8) is 0 Å². The molecule has 6 heteroatoms. The Hall–Kier alpha value is -1.33. The number of halogens is 2. The minimum Gasteiger partial charge on any atom is -0.494 e. The molecule has 1 unspecified atom stereocenters. The van der Waals surface area contributed by atoms with Gasteiger partial charge in [0.05, 0.1) is 7.11 Å². The Bertz CT molecular complexity index is 451. The molecule has 2 rings (SSSR count). The van der Waals surface area contributed by atoms with E-state index in [1.54, 1.807) is 6.07 Å². The van der Waals surface area contributed by atoms with Gasteiger partial charge in [0.25, 0.3) is 5.91 Å². The molecule has 0 spiro atoms. The summed E-state index contributed by atoms with van der Waals surface area (Å²) in [6.45, 7) is 2.70. The number of carbonyl (C=O) groups is 1. The van der Waals surface area contributed by atoms with Crippen LogP contribution in [0.15, 0.2) is 18.2 Å². The molecule has 1 fully saturated rings. The maximum absolute atomic E-state index is 13.5. The maximum atomic E-state index is 13.5. The highest BCUT2D eigenvalue weighted by Gasteiger charge is 2.15. The van der Waals surface area contributed by atoms with Gasteiger partial charge in [0.2, 0.25) is 0 Å². The third kappa shape index (κ3) is 4.35. The predicted octanol–water partition coefficient (Wildman–Crippen LogP) is 1.99. The Labute approximate surface area is 124 Å². The fraction of sp³-hybridized carbons (Fsp3) is 0.500. The predicted molar refractivity (Wildman–Crippen MR) is 78.1 cm³/mol. The second-order valence-electron chi connectivity index (χ2n) is 4.75. The molecule has 1 aromatic rings. The molecule has 20 heavy (non-hydrogen) atoms. The van der Waals surface area contributed by atoms with Crippen LogP contribution in [0.25, 0.3) is 0 Å². The van der Waals surface area contributed by atoms with Crippen molar-refractivity contribution in [1.29, 1.82) is 0 Å². The Morgan fingerprint density at radius 1 is 1.55 bits per heavy atom. The molecular weight excluding hydrogens is 283 g/mol. The highest BCUT2D eigenvalue weighted by Crippen LogP contribution is 2.17. The van der Waals surface area contributed by atoms with E-state index in [0.29, 0.717) is 18.0 Å². The average Bonchev–Trinajstić information content (AvgIpc) is 2.91. The van der Waals surface area contributed by atoms with Gasteiger partial charge in [-0.2, -0.15) is 0 Å². The normalized spacial score (nSPS) is 17.4. The van der Waals surface area contributed by atoms with Crippen molar-refractivity contribution in [3.05, 3.63) is 29.6 Å². The number of nitrogens with one attached hydrogen (secondary N) is 2. The lowest BCUT2D eigenvalue weighted by Crippen LogP contribution is -2.26. The summed E-state index contributed by atoms with van der Waals surface area (Å²) in [5.74, 6) is 0.0177. The van der Waals surface area contributed by atoms with Crippen LogP contribution in [0.1, 0.15) is 23.2 Å². The van der Waals surface area contributed by atoms with Crippen molar-refractivity contribution < 1.29 is 13.9 Å². The summed E-state index contributed by atoms with van der Waals surface area (Å²) < 4.78 is 18.3. The van der Waals surface area contributed by atoms with Crippen LogP contribution in [0, 0.1) is 11.7 Å². The molecule has 0 bridgehead atoms. The molecule has 0 aliphatic carbocycles. The molecule has 2 N–H and O–H groups in total. The van der Waals surface area contributed by atoms with Gasteiger partial charge in [-0.05, 0) is 50.0 Å². The first kappa shape index (κ1) is 16.7. The van der Waals surface area contributed by atoms with E-state index in [2.05, 4.69) is 10.6 Å². The van der Waals surface area contributed by atoms with E-state index in [1.165, 1.54) is 19.2 Å². The van der Waals surface area contributed by atoms with Gasteiger partial charge in [0.15, 0.2) is 11.6 Å². The first-order chi connectivity index (χ1) is 9.20. The second-order valence-corrected chi connectivity index (χ2v) is 4.75. The number of amides is 1. The fourth-order valence-corrected chi connectivity index (χ4v) is 2.26. The summed E-state index contributed by atoms with van der Waals surface area (Å²) in [5.41, 5.74) is 0.322. The smallest absolute Gasteiger partial charge is 0.251 e. The minimum absolute atomic E-state index is 0. The molecule has 4 nitrogen and oxygen atoms in total. The van der Waals surface area contributed by atoms with Crippen LogP contribution in [0.2, 0.25) is 0 Å². The fourth-order valence-electron chi connectivity index (χ4n) is 2.26. The van der Waals surface area contributed by atoms with Crippen molar-refractivity contribution in [1.82, 2.24) is 10.6 Å². The van der Waals surface area contributed by atoms with Crippen molar-refractivity contribution in [2.24, 2.45) is 5.92 Å². The monoisotopic (exact) mass is 302 g/mol. The SMILES string of the molecule is COc1ccc(C(=O)NCCC2CCNC2)cc1F.Cl. The van der Waals surface area contributed by atoms with E-state index < -0.39 is 5.82 Å². The quantitative estimate of drug-likeness (QED) is 0.874. The average molecular weight is 303 g/mol. The largest absolute Gasteiger partial charge is 0.494 e. The van der Waals surface area contributed by atoms with Crippen molar-refractivity contribution in [2.75, 3.05) is 26.7 Å². The topological polar surface area (TPSA) is 50.4 Å². The van der Waals surface area contributed by atoms with Crippen LogP contribution < -0.4 is 15.4 Å². The Kier molecular flexibility index (Phi) is 6.75. The Balaban J connectivity index is 0.00000200. The number of methoxy groups -OCH3 is 1. The summed E-state index contributed by atoms with van der Waals surface area (Å²) >= 11 is 0. The third-order valence-electron chi connectivity index (χ3n) is 3.41. The lowest BCUT2D eigenvalue weighted by atomic mass is 10.1. The number of hydrogen-bond acceptors (Lipinski definition) is 3. The summed E-state index contributed by atoms with van der Waals surface area (Å²) in [5, 5.41) is 6.10. The first-order valence-electron chi connectivity index (χ1n) is 6.53. The van der Waals surface area contributed by atoms with Gasteiger partial charge in [-0.25, -0.2) is 4.39 Å². The Morgan fingerprint density at radius 3 is 2.95 bits per heavy atom. The van der Waals surface area contributed by atoms with E-state index in [4.69, 9.17) is 4.74 Å². The summed E-state index contributed by atoms with van der Waals surface area (Å²) in [7, 11) is 1.40. The lowest BCUT2D eigenvalue weighted by Gasteiger charge is -2.10. The van der Waals surface area contributed by atoms with Gasteiger partial charge in [0.1, 0.15) is 0 Å². The van der Waals surface area contributed by atoms with Crippen molar-refractivity contribution in [2.45, 2.75) is 12.8 Å². The summed E-state index contributed by atoms with van der Waals surface area (Å²) in [4.78, 5) is 11.8. The first-order valence-corrected chi connectivity index (χ1v) is 6.53. The van der Waals surface area contributed by atoms with Crippen LogP contribution in [0.3, 0.4) is 0 Å². The number of carbonyl (C=O) groups excluding carboxylic acids is 1. The lowest BCUT2D eigenvalue weighted by molar-refractivity contribution is 0.0951. The molecule has 1 heterocycles. The molecule has 0 saturated carbocycles. The Morgan fingerprint density at radius 2 is 2.35 bits per heavy atom. The number of ether oxygens (including phenoxy) is 1. The van der Waals surface area contributed by atoms with E-state index in [9.17, 15) is 9.18 Å². The van der Waals surface area contributed by atoms with E-state index in [-0.39, 0.29) is 24.1 Å². The number of rotatable bonds is 5. The number of benzene rings is 1. The van der Waals surface area contributed by atoms with Gasteiger partial charge < -0.3 is 15.4 Å². The summed E-state index contributed by atoms with van der Waals surface area (Å²) in [6.07, 6.45) is 2.12. The molecular formula is C14H20ClFN2O2. The minimum atomic E-state index is -0.518. The van der Waals surface area contributed by atoms with Crippen LogP contribution in [-0.4, -0.2) is 32.7 Å². The molecule has 1 aromatic carbocycles. The molecule has 1 aliphatic heterocycles. The van der Waals surface area contributed by atoms with Crippen LogP contribution in [0.4, 0.5) is 4.39 Å². The highest BCUT2D eigenvalue weighted by atomic mass is 35.5. The molecule has 0 radical (unpaired) electrons. The van der Waals surface area contributed by atoms with Crippen molar-refractivity contribution in [3.8, 4) is 5.75 Å². The molecule has 0 aromatic heterocycles. The van der Waals surface area contributed by atoms with E-state index in [1.807, 2.05) is 0 Å². The molecule has 1 amide bonds. The van der Waals surface area contributed by atoms with Crippen LogP contribution in [0.5, 0.6) is 5.75 Å². The van der Waals surface area contributed by atoms with E-state index >= 15 is 0 Å². The zero-order chi connectivity index (χ0) is 13.7. The van der Waals surface area contributed by atoms with Gasteiger partial charge in [-0.1, -0.05) is 0 Å². The van der Waals surface area contributed by atoms with E-state index in [0.717, 1.165) is 25.9 Å². The van der Waals surface area contributed by atoms with Crippen molar-refractivity contribution >= 4 is 18.3 Å². The maximum Gasteiger partial charge on any atom is 0.251 e. The van der Waals surface area contributed by atoms with Gasteiger partial charge in [-0.15, -0.1) is 12.4 Å². The zero-order valence-corrected chi connectivity index (χ0v) is 12.3.